The van der Waals surface area contributed by atoms with Crippen LogP contribution in [0, 0.1) is 23.5 Å². The lowest BCUT2D eigenvalue weighted by Gasteiger charge is -2.32. The van der Waals surface area contributed by atoms with E-state index in [1.165, 1.54) is 55.6 Å². The Labute approximate surface area is 205 Å². The van der Waals surface area contributed by atoms with Gasteiger partial charge < -0.3 is 9.84 Å². The first kappa shape index (κ1) is 23.6. The lowest BCUT2D eigenvalue weighted by Crippen LogP contribution is -2.58. The molecule has 2 amide bonds. The van der Waals surface area contributed by atoms with Crippen molar-refractivity contribution in [2.75, 3.05) is 12.0 Å². The molecule has 4 atom stereocenters. The molecule has 2 aliphatic heterocycles. The fourth-order valence-electron chi connectivity index (χ4n) is 5.40. The average Bonchev–Trinajstić information content (AvgIpc) is 3.34. The molecule has 0 spiro atoms. The van der Waals surface area contributed by atoms with Crippen LogP contribution in [0.4, 0.5) is 14.5 Å². The number of anilines is 1. The van der Waals surface area contributed by atoms with Gasteiger partial charge in [-0.15, -0.1) is 0 Å². The molecular weight excluding hydrogens is 470 g/mol. The number of rotatable bonds is 5. The van der Waals surface area contributed by atoms with Gasteiger partial charge in [0.15, 0.2) is 0 Å². The van der Waals surface area contributed by atoms with Gasteiger partial charge in [0.05, 0.1) is 24.6 Å². The maximum absolute atomic E-state index is 14.7. The Hall–Kier alpha value is -4.11. The summed E-state index contributed by atoms with van der Waals surface area (Å²) in [7, 11) is 1.17. The molecule has 2 N–H and O–H groups in total. The largest absolute Gasteiger partial charge is 0.508 e. The Morgan fingerprint density at radius 3 is 2.42 bits per heavy atom. The third-order valence-electron chi connectivity index (χ3n) is 6.92. The molecule has 9 heteroatoms. The molecule has 3 aromatic carbocycles. The number of aromatic hydroxyl groups is 1. The second-order valence-electron chi connectivity index (χ2n) is 8.95. The number of hydrogen-bond acceptors (Lipinski definition) is 6. The number of fused-ring (bicyclic) bond motifs is 1. The summed E-state index contributed by atoms with van der Waals surface area (Å²) < 4.78 is 34.0. The highest BCUT2D eigenvalue weighted by atomic mass is 19.1. The Balaban J connectivity index is 1.69. The Bertz CT molecular complexity index is 1360. The Morgan fingerprint density at radius 2 is 1.75 bits per heavy atom. The molecule has 7 nitrogen and oxygen atoms in total. The predicted octanol–water partition coefficient (Wildman–Crippen LogP) is 3.28. The van der Waals surface area contributed by atoms with E-state index in [0.717, 1.165) is 11.0 Å². The van der Waals surface area contributed by atoms with Crippen molar-refractivity contribution in [1.29, 1.82) is 0 Å². The van der Waals surface area contributed by atoms with Gasteiger partial charge >= 0.3 is 5.97 Å². The number of carbonyl (C=O) groups is 3. The number of phenolic OH excluding ortho intramolecular Hbond substituents is 1. The third kappa shape index (κ3) is 3.63. The number of carbonyl (C=O) groups excluding carboxylic acids is 3. The van der Waals surface area contributed by atoms with Crippen LogP contribution in [0.15, 0.2) is 72.8 Å². The highest BCUT2D eigenvalue weighted by molar-refractivity contribution is 6.24. The van der Waals surface area contributed by atoms with E-state index in [1.54, 1.807) is 18.2 Å². The van der Waals surface area contributed by atoms with Crippen LogP contribution in [-0.4, -0.2) is 35.5 Å². The van der Waals surface area contributed by atoms with Gasteiger partial charge in [0, 0.05) is 12.5 Å². The minimum atomic E-state index is -1.72. The molecule has 2 saturated heterocycles. The van der Waals surface area contributed by atoms with Crippen LogP contribution in [-0.2, 0) is 25.5 Å². The fraction of sp³-hybridized carbons (Fsp3) is 0.222. The van der Waals surface area contributed by atoms with E-state index in [2.05, 4.69) is 5.32 Å². The van der Waals surface area contributed by atoms with E-state index in [0.29, 0.717) is 11.1 Å². The lowest BCUT2D eigenvalue weighted by molar-refractivity contribution is -0.152. The van der Waals surface area contributed by atoms with Crippen LogP contribution in [0.25, 0.3) is 0 Å². The van der Waals surface area contributed by atoms with Crippen molar-refractivity contribution in [3.8, 4) is 5.75 Å². The molecule has 0 saturated carbocycles. The molecule has 0 unspecified atom stereocenters. The van der Waals surface area contributed by atoms with E-state index in [4.69, 9.17) is 4.74 Å². The van der Waals surface area contributed by atoms with Crippen molar-refractivity contribution < 1.29 is 33.0 Å². The molecule has 36 heavy (non-hydrogen) atoms. The van der Waals surface area contributed by atoms with Crippen molar-refractivity contribution in [3.05, 3.63) is 95.6 Å². The summed E-state index contributed by atoms with van der Waals surface area (Å²) in [5.41, 5.74) is -1.00. The van der Waals surface area contributed by atoms with Crippen molar-refractivity contribution in [2.24, 2.45) is 11.8 Å². The fourth-order valence-corrected chi connectivity index (χ4v) is 5.40. The number of ether oxygens (including phenoxy) is 1. The number of amides is 2. The number of imide groups is 1. The molecule has 0 aliphatic carbocycles. The van der Waals surface area contributed by atoms with Crippen LogP contribution in [0.5, 0.6) is 5.75 Å². The molecule has 0 radical (unpaired) electrons. The highest BCUT2D eigenvalue weighted by Crippen LogP contribution is 2.51. The number of phenols is 1. The quantitative estimate of drug-likeness (QED) is 0.419. The maximum atomic E-state index is 14.7. The predicted molar refractivity (Wildman–Crippen MR) is 125 cm³/mol. The molecule has 2 heterocycles. The van der Waals surface area contributed by atoms with E-state index in [9.17, 15) is 28.3 Å². The zero-order chi connectivity index (χ0) is 25.6. The Kier molecular flexibility index (Phi) is 5.80. The van der Waals surface area contributed by atoms with Gasteiger partial charge in [-0.05, 0) is 47.5 Å². The standard InChI is InChI=1S/C27H22F2N2O5/c1-36-26(35)27(14-15-9-11-18(32)12-10-15)22-21(23(30-27)16-5-4-6-17(28)13-16)24(33)31(25(22)34)20-8-3-2-7-19(20)29/h2-13,21-23,30,32H,14H2,1H3/t21-,22-,23-,27-/m0/s1. The van der Waals surface area contributed by atoms with E-state index >= 15 is 0 Å². The zero-order valence-electron chi connectivity index (χ0n) is 19.2. The first-order valence-electron chi connectivity index (χ1n) is 11.3. The molecule has 184 valence electrons. The van der Waals surface area contributed by atoms with Crippen molar-refractivity contribution >= 4 is 23.5 Å². The van der Waals surface area contributed by atoms with E-state index in [1.807, 2.05) is 0 Å². The van der Waals surface area contributed by atoms with Crippen molar-refractivity contribution in [1.82, 2.24) is 5.32 Å². The zero-order valence-corrected chi connectivity index (χ0v) is 19.2. The molecule has 5 rings (SSSR count). The Morgan fingerprint density at radius 1 is 1.03 bits per heavy atom. The van der Waals surface area contributed by atoms with Crippen molar-refractivity contribution in [2.45, 2.75) is 18.0 Å². The number of nitrogens with zero attached hydrogens (tertiary/aromatic N) is 1. The van der Waals surface area contributed by atoms with E-state index < -0.39 is 52.8 Å². The van der Waals surface area contributed by atoms with Gasteiger partial charge in [-0.1, -0.05) is 36.4 Å². The van der Waals surface area contributed by atoms with Gasteiger partial charge in [0.1, 0.15) is 22.9 Å². The number of benzene rings is 3. The summed E-state index contributed by atoms with van der Waals surface area (Å²) in [6.45, 7) is 0. The smallest absolute Gasteiger partial charge is 0.327 e. The molecule has 0 aromatic heterocycles. The molecule has 2 aliphatic rings. The molecule has 2 fully saturated rings. The van der Waals surface area contributed by atoms with Gasteiger partial charge in [-0.3, -0.25) is 19.7 Å². The van der Waals surface area contributed by atoms with Gasteiger partial charge in [-0.2, -0.15) is 0 Å². The van der Waals surface area contributed by atoms with Gasteiger partial charge in [-0.25, -0.2) is 13.7 Å². The molecule has 0 bridgehead atoms. The van der Waals surface area contributed by atoms with Crippen LogP contribution < -0.4 is 10.2 Å². The van der Waals surface area contributed by atoms with Crippen LogP contribution in [0.1, 0.15) is 17.2 Å². The summed E-state index contributed by atoms with van der Waals surface area (Å²) in [6, 6.07) is 16.0. The summed E-state index contributed by atoms with van der Waals surface area (Å²) in [4.78, 5) is 41.7. The molecule has 3 aromatic rings. The first-order chi connectivity index (χ1) is 17.3. The van der Waals surface area contributed by atoms with Crippen molar-refractivity contribution in [3.63, 3.8) is 0 Å². The minimum Gasteiger partial charge on any atom is -0.508 e. The number of para-hydroxylation sites is 1. The van der Waals surface area contributed by atoms with Gasteiger partial charge in [0.25, 0.3) is 0 Å². The first-order valence-corrected chi connectivity index (χ1v) is 11.3. The SMILES string of the molecule is COC(=O)[C@@]1(Cc2ccc(O)cc2)N[C@@H](c2cccc(F)c2)[C@H]2C(=O)N(c3ccccc3F)C(=O)[C@H]21. The number of hydrogen-bond donors (Lipinski definition) is 2. The second kappa shape index (κ2) is 8.83. The molecular formula is C27H22F2N2O5. The minimum absolute atomic E-state index is 0.0126. The number of halogens is 2. The van der Waals surface area contributed by atoms with Crippen LogP contribution in [0.3, 0.4) is 0 Å². The number of nitrogens with one attached hydrogen (secondary N) is 1. The third-order valence-corrected chi connectivity index (χ3v) is 6.92. The number of esters is 1. The summed E-state index contributed by atoms with van der Waals surface area (Å²) in [6.07, 6.45) is -0.0724. The second-order valence-corrected chi connectivity index (χ2v) is 8.95. The van der Waals surface area contributed by atoms with E-state index in [-0.39, 0.29) is 17.9 Å². The van der Waals surface area contributed by atoms with Crippen LogP contribution >= 0.6 is 0 Å². The highest BCUT2D eigenvalue weighted by Gasteiger charge is 2.69. The lowest BCUT2D eigenvalue weighted by atomic mass is 9.76. The summed E-state index contributed by atoms with van der Waals surface area (Å²) >= 11 is 0. The normalized spacial score (nSPS) is 25.2. The van der Waals surface area contributed by atoms with Crippen LogP contribution in [0.2, 0.25) is 0 Å². The topological polar surface area (TPSA) is 95.9 Å². The number of methoxy groups -OCH3 is 1. The summed E-state index contributed by atoms with van der Waals surface area (Å²) in [5, 5.41) is 12.8. The summed E-state index contributed by atoms with van der Waals surface area (Å²) in [5.74, 6) is -5.95. The maximum Gasteiger partial charge on any atom is 0.327 e. The van der Waals surface area contributed by atoms with Gasteiger partial charge in [0.2, 0.25) is 11.8 Å². The average molecular weight is 492 g/mol. The monoisotopic (exact) mass is 492 g/mol.